The summed E-state index contributed by atoms with van der Waals surface area (Å²) in [7, 11) is 3.06. The Morgan fingerprint density at radius 1 is 1.09 bits per heavy atom. The maximum Gasteiger partial charge on any atom is 0.224 e. The number of thiophene rings is 1. The van der Waals surface area contributed by atoms with Gasteiger partial charge in [-0.15, -0.1) is 11.3 Å². The van der Waals surface area contributed by atoms with Gasteiger partial charge in [0.05, 0.1) is 23.4 Å². The molecule has 0 fully saturated rings. The molecule has 0 spiro atoms. The zero-order chi connectivity index (χ0) is 16.8. The molecule has 1 N–H and O–H groups in total. The average Bonchev–Trinajstić information content (AvgIpc) is 2.99. The van der Waals surface area contributed by atoms with Gasteiger partial charge in [0.2, 0.25) is 5.91 Å². The molecule has 23 heavy (non-hydrogen) atoms. The van der Waals surface area contributed by atoms with E-state index in [-0.39, 0.29) is 24.5 Å². The van der Waals surface area contributed by atoms with Crippen molar-refractivity contribution in [2.24, 2.45) is 0 Å². The van der Waals surface area contributed by atoms with Crippen LogP contribution in [0.2, 0.25) is 4.34 Å². The zero-order valence-electron chi connectivity index (χ0n) is 12.7. The number of hydrogen-bond donors (Lipinski definition) is 1. The van der Waals surface area contributed by atoms with Gasteiger partial charge in [-0.3, -0.25) is 9.59 Å². The summed E-state index contributed by atoms with van der Waals surface area (Å²) >= 11 is 7.01. The number of amides is 1. The fourth-order valence-electron chi connectivity index (χ4n) is 1.95. The van der Waals surface area contributed by atoms with Crippen LogP contribution >= 0.6 is 22.9 Å². The number of halogens is 1. The molecule has 2 aromatic rings. The van der Waals surface area contributed by atoms with Crippen LogP contribution in [0.5, 0.6) is 11.5 Å². The predicted molar refractivity (Wildman–Crippen MR) is 91.1 cm³/mol. The van der Waals surface area contributed by atoms with Gasteiger partial charge in [-0.25, -0.2) is 0 Å². The van der Waals surface area contributed by atoms with Crippen molar-refractivity contribution < 1.29 is 19.1 Å². The van der Waals surface area contributed by atoms with Crippen molar-refractivity contribution in [3.8, 4) is 11.5 Å². The van der Waals surface area contributed by atoms with Crippen LogP contribution in [0.25, 0.3) is 0 Å². The van der Waals surface area contributed by atoms with Crippen LogP contribution in [-0.2, 0) is 4.79 Å². The first kappa shape index (κ1) is 17.3. The van der Waals surface area contributed by atoms with E-state index in [9.17, 15) is 9.59 Å². The molecule has 0 aliphatic heterocycles. The number of rotatable bonds is 7. The summed E-state index contributed by atoms with van der Waals surface area (Å²) < 4.78 is 10.9. The zero-order valence-corrected chi connectivity index (χ0v) is 14.3. The van der Waals surface area contributed by atoms with Crippen LogP contribution in [0, 0.1) is 0 Å². The number of carbonyl (C=O) groups excluding carboxylic acids is 2. The van der Waals surface area contributed by atoms with Gasteiger partial charge in [-0.1, -0.05) is 11.6 Å². The highest BCUT2D eigenvalue weighted by atomic mass is 35.5. The molecule has 1 aromatic carbocycles. The fraction of sp³-hybridized carbons (Fsp3) is 0.250. The minimum Gasteiger partial charge on any atom is -0.493 e. The monoisotopic (exact) mass is 353 g/mol. The lowest BCUT2D eigenvalue weighted by Crippen LogP contribution is -2.13. The normalized spacial score (nSPS) is 10.2. The van der Waals surface area contributed by atoms with E-state index < -0.39 is 0 Å². The van der Waals surface area contributed by atoms with E-state index in [1.165, 1.54) is 18.4 Å². The molecule has 0 saturated heterocycles. The number of anilines is 1. The Morgan fingerprint density at radius 3 is 2.43 bits per heavy atom. The number of nitrogens with one attached hydrogen (secondary N) is 1. The molecular formula is C16H16ClNO4S. The number of methoxy groups -OCH3 is 2. The maximum absolute atomic E-state index is 11.9. The molecule has 2 rings (SSSR count). The molecule has 1 aromatic heterocycles. The third-order valence-corrected chi connectivity index (χ3v) is 4.37. The topological polar surface area (TPSA) is 64.6 Å². The van der Waals surface area contributed by atoms with Crippen LogP contribution in [0.15, 0.2) is 30.3 Å². The van der Waals surface area contributed by atoms with Crippen molar-refractivity contribution in [2.75, 3.05) is 19.5 Å². The van der Waals surface area contributed by atoms with Crippen molar-refractivity contribution in [3.05, 3.63) is 39.5 Å². The van der Waals surface area contributed by atoms with Gasteiger partial charge >= 0.3 is 0 Å². The van der Waals surface area contributed by atoms with Crippen molar-refractivity contribution in [1.82, 2.24) is 0 Å². The fourth-order valence-corrected chi connectivity index (χ4v) is 2.96. The highest BCUT2D eigenvalue weighted by molar-refractivity contribution is 7.18. The van der Waals surface area contributed by atoms with E-state index in [0.717, 1.165) is 0 Å². The van der Waals surface area contributed by atoms with Gasteiger partial charge in [0.25, 0.3) is 0 Å². The van der Waals surface area contributed by atoms with E-state index in [2.05, 4.69) is 5.32 Å². The lowest BCUT2D eigenvalue weighted by atomic mass is 10.2. The Morgan fingerprint density at radius 2 is 1.83 bits per heavy atom. The number of benzene rings is 1. The second-order valence-electron chi connectivity index (χ2n) is 4.64. The van der Waals surface area contributed by atoms with Gasteiger partial charge in [0.15, 0.2) is 17.3 Å². The van der Waals surface area contributed by atoms with Crippen molar-refractivity contribution in [2.45, 2.75) is 12.8 Å². The smallest absolute Gasteiger partial charge is 0.224 e. The Bertz CT molecular complexity index is 714. The van der Waals surface area contributed by atoms with Crippen LogP contribution in [0.3, 0.4) is 0 Å². The minimum atomic E-state index is -0.242. The number of ketones is 1. The molecule has 0 aliphatic rings. The molecular weight excluding hydrogens is 338 g/mol. The van der Waals surface area contributed by atoms with Gasteiger partial charge in [0.1, 0.15) is 0 Å². The summed E-state index contributed by atoms with van der Waals surface area (Å²) in [5, 5.41) is 2.73. The van der Waals surface area contributed by atoms with Crippen LogP contribution < -0.4 is 14.8 Å². The van der Waals surface area contributed by atoms with E-state index in [1.807, 2.05) is 0 Å². The molecule has 1 heterocycles. The van der Waals surface area contributed by atoms with Crippen LogP contribution in [0.4, 0.5) is 5.69 Å². The molecule has 0 aliphatic carbocycles. The highest BCUT2D eigenvalue weighted by Crippen LogP contribution is 2.29. The lowest BCUT2D eigenvalue weighted by molar-refractivity contribution is -0.116. The maximum atomic E-state index is 11.9. The number of hydrogen-bond acceptors (Lipinski definition) is 5. The number of Topliss-reactive ketones (excluding diaryl/α,β-unsaturated/α-hetero) is 1. The summed E-state index contributed by atoms with van der Waals surface area (Å²) in [5.41, 5.74) is 0.583. The Labute approximate surface area is 143 Å². The third-order valence-electron chi connectivity index (χ3n) is 3.09. The SMILES string of the molecule is COc1ccc(NC(=O)CCC(=O)c2ccc(Cl)s2)cc1OC. The van der Waals surface area contributed by atoms with Crippen molar-refractivity contribution in [3.63, 3.8) is 0 Å². The van der Waals surface area contributed by atoms with E-state index in [1.54, 1.807) is 37.4 Å². The average molecular weight is 354 g/mol. The first-order valence-electron chi connectivity index (χ1n) is 6.84. The molecule has 5 nitrogen and oxygen atoms in total. The predicted octanol–water partition coefficient (Wildman–Crippen LogP) is 4.02. The first-order valence-corrected chi connectivity index (χ1v) is 8.03. The van der Waals surface area contributed by atoms with E-state index >= 15 is 0 Å². The third kappa shape index (κ3) is 4.71. The van der Waals surface area contributed by atoms with Crippen molar-refractivity contribution in [1.29, 1.82) is 0 Å². The molecule has 7 heteroatoms. The second kappa shape index (κ2) is 7.99. The molecule has 0 unspecified atom stereocenters. The van der Waals surface area contributed by atoms with Gasteiger partial charge in [-0.05, 0) is 24.3 Å². The number of ether oxygens (including phenoxy) is 2. The Hall–Kier alpha value is -2.05. The molecule has 1 amide bonds. The van der Waals surface area contributed by atoms with E-state index in [4.69, 9.17) is 21.1 Å². The highest BCUT2D eigenvalue weighted by Gasteiger charge is 2.12. The molecule has 0 saturated carbocycles. The van der Waals surface area contributed by atoms with Crippen LogP contribution in [-0.4, -0.2) is 25.9 Å². The van der Waals surface area contributed by atoms with Crippen LogP contribution in [0.1, 0.15) is 22.5 Å². The second-order valence-corrected chi connectivity index (χ2v) is 6.36. The first-order chi connectivity index (χ1) is 11.0. The summed E-state index contributed by atoms with van der Waals surface area (Å²) in [6, 6.07) is 8.41. The van der Waals surface area contributed by atoms with Gasteiger partial charge in [0, 0.05) is 24.6 Å². The van der Waals surface area contributed by atoms with Gasteiger partial charge in [-0.2, -0.15) is 0 Å². The van der Waals surface area contributed by atoms with Gasteiger partial charge < -0.3 is 14.8 Å². The summed E-state index contributed by atoms with van der Waals surface area (Å²) in [4.78, 5) is 24.4. The molecule has 0 radical (unpaired) electrons. The Kier molecular flexibility index (Phi) is 6.01. The molecule has 122 valence electrons. The van der Waals surface area contributed by atoms with Crippen molar-refractivity contribution >= 4 is 40.3 Å². The molecule has 0 atom stereocenters. The summed E-state index contributed by atoms with van der Waals surface area (Å²) in [6.07, 6.45) is 0.235. The Balaban J connectivity index is 1.91. The van der Waals surface area contributed by atoms with E-state index in [0.29, 0.717) is 26.4 Å². The summed E-state index contributed by atoms with van der Waals surface area (Å²) in [5.74, 6) is 0.766. The lowest BCUT2D eigenvalue weighted by Gasteiger charge is -2.10. The quantitative estimate of drug-likeness (QED) is 0.763. The standard InChI is InChI=1S/C16H16ClNO4S/c1-21-12-5-3-10(9-13(12)22-2)18-16(20)8-4-11(19)14-6-7-15(17)23-14/h3,5-7,9H,4,8H2,1-2H3,(H,18,20). The molecule has 0 bridgehead atoms. The minimum absolute atomic E-state index is 0.0932. The summed E-state index contributed by atoms with van der Waals surface area (Å²) in [6.45, 7) is 0. The number of carbonyl (C=O) groups is 2. The largest absolute Gasteiger partial charge is 0.493 e.